The van der Waals surface area contributed by atoms with Crippen LogP contribution in [0.15, 0.2) is 53.6 Å². The summed E-state index contributed by atoms with van der Waals surface area (Å²) >= 11 is 1.78. The number of nitrogens with zero attached hydrogens (tertiary/aromatic N) is 3. The molecule has 1 N–H and O–H groups in total. The Bertz CT molecular complexity index is 869. The molecule has 1 aromatic heterocycles. The Labute approximate surface area is 182 Å². The molecule has 2 aromatic rings. The highest BCUT2D eigenvalue weighted by atomic mass is 32.2. The minimum absolute atomic E-state index is 0.0220. The largest absolute Gasteiger partial charge is 0.353 e. The molecule has 1 saturated heterocycles. The number of likely N-dealkylation sites (tertiary alicyclic amines) is 1. The number of thioether (sulfide) groups is 1. The monoisotopic (exact) mass is 424 g/mol. The number of carbonyl (C=O) groups excluding carboxylic acids is 2. The molecule has 0 unspecified atom stereocenters. The average molecular weight is 425 g/mol. The van der Waals surface area contributed by atoms with Crippen molar-refractivity contribution >= 4 is 29.3 Å². The van der Waals surface area contributed by atoms with Gasteiger partial charge < -0.3 is 10.2 Å². The van der Waals surface area contributed by atoms with Gasteiger partial charge in [0, 0.05) is 61.9 Å². The SMILES string of the molecule is O=C(CCC(=O)N1CCSc2ccccc21)NC1CCN(Cc2ccccn2)CC1. The fourth-order valence-electron chi connectivity index (χ4n) is 4.04. The van der Waals surface area contributed by atoms with Crippen molar-refractivity contribution in [3.63, 3.8) is 0 Å². The predicted octanol–water partition coefficient (Wildman–Crippen LogP) is 3.08. The van der Waals surface area contributed by atoms with Crippen LogP contribution in [-0.2, 0) is 16.1 Å². The molecule has 2 aliphatic rings. The Hall–Kier alpha value is -2.38. The molecule has 1 aromatic carbocycles. The second kappa shape index (κ2) is 10.1. The van der Waals surface area contributed by atoms with E-state index in [0.717, 1.165) is 54.5 Å². The topological polar surface area (TPSA) is 65.5 Å². The van der Waals surface area contributed by atoms with Crippen molar-refractivity contribution < 1.29 is 9.59 Å². The standard InChI is InChI=1S/C23H28N4O2S/c28-22(8-9-23(29)27-15-16-30-21-7-2-1-6-20(21)27)25-18-10-13-26(14-11-18)17-19-5-3-4-12-24-19/h1-7,12,18H,8-11,13-17H2,(H,25,28). The molecule has 0 spiro atoms. The van der Waals surface area contributed by atoms with Gasteiger partial charge in [-0.15, -0.1) is 11.8 Å². The molecule has 1 fully saturated rings. The van der Waals surface area contributed by atoms with Gasteiger partial charge in [0.2, 0.25) is 11.8 Å². The third kappa shape index (κ3) is 5.40. The van der Waals surface area contributed by atoms with E-state index >= 15 is 0 Å². The summed E-state index contributed by atoms with van der Waals surface area (Å²) in [6, 6.07) is 14.2. The molecule has 0 atom stereocenters. The van der Waals surface area contributed by atoms with Gasteiger partial charge in [-0.05, 0) is 37.1 Å². The lowest BCUT2D eigenvalue weighted by Gasteiger charge is -2.32. The van der Waals surface area contributed by atoms with E-state index in [1.54, 1.807) is 11.8 Å². The predicted molar refractivity (Wildman–Crippen MR) is 119 cm³/mol. The molecule has 7 heteroatoms. The van der Waals surface area contributed by atoms with Gasteiger partial charge in [-0.2, -0.15) is 0 Å². The molecule has 2 aliphatic heterocycles. The fourth-order valence-corrected chi connectivity index (χ4v) is 5.03. The number of anilines is 1. The van der Waals surface area contributed by atoms with E-state index in [1.807, 2.05) is 53.6 Å². The van der Waals surface area contributed by atoms with Crippen molar-refractivity contribution in [3.8, 4) is 0 Å². The average Bonchev–Trinajstić information content (AvgIpc) is 2.79. The minimum Gasteiger partial charge on any atom is -0.353 e. The van der Waals surface area contributed by atoms with Crippen molar-refractivity contribution in [2.24, 2.45) is 0 Å². The summed E-state index contributed by atoms with van der Waals surface area (Å²) in [5, 5.41) is 3.12. The van der Waals surface area contributed by atoms with E-state index in [9.17, 15) is 9.59 Å². The molecular weight excluding hydrogens is 396 g/mol. The van der Waals surface area contributed by atoms with Crippen LogP contribution in [0.4, 0.5) is 5.69 Å². The van der Waals surface area contributed by atoms with Crippen LogP contribution >= 0.6 is 11.8 Å². The van der Waals surface area contributed by atoms with Crippen LogP contribution in [0.2, 0.25) is 0 Å². The maximum Gasteiger partial charge on any atom is 0.227 e. The van der Waals surface area contributed by atoms with Gasteiger partial charge in [0.1, 0.15) is 0 Å². The van der Waals surface area contributed by atoms with Gasteiger partial charge in [-0.1, -0.05) is 18.2 Å². The Morgan fingerprint density at radius 1 is 1.03 bits per heavy atom. The molecule has 0 bridgehead atoms. The van der Waals surface area contributed by atoms with Gasteiger partial charge in [-0.25, -0.2) is 0 Å². The lowest BCUT2D eigenvalue weighted by atomic mass is 10.0. The lowest BCUT2D eigenvalue weighted by Crippen LogP contribution is -2.44. The molecule has 3 heterocycles. The van der Waals surface area contributed by atoms with Crippen LogP contribution in [0.1, 0.15) is 31.4 Å². The summed E-state index contributed by atoms with van der Waals surface area (Å²) in [6.07, 6.45) is 4.19. The second-order valence-electron chi connectivity index (χ2n) is 7.80. The number of benzene rings is 1. The van der Waals surface area contributed by atoms with Crippen LogP contribution < -0.4 is 10.2 Å². The van der Waals surface area contributed by atoms with Crippen molar-refractivity contribution in [2.75, 3.05) is 30.3 Å². The Balaban J connectivity index is 1.19. The first-order valence-electron chi connectivity index (χ1n) is 10.6. The van der Waals surface area contributed by atoms with Gasteiger partial charge in [0.25, 0.3) is 0 Å². The Morgan fingerprint density at radius 2 is 1.83 bits per heavy atom. The number of nitrogens with one attached hydrogen (secondary N) is 1. The third-order valence-electron chi connectivity index (χ3n) is 5.66. The number of hydrogen-bond acceptors (Lipinski definition) is 5. The number of para-hydroxylation sites is 1. The van der Waals surface area contributed by atoms with E-state index in [1.165, 1.54) is 0 Å². The van der Waals surface area contributed by atoms with Crippen molar-refractivity contribution in [1.29, 1.82) is 0 Å². The quantitative estimate of drug-likeness (QED) is 0.772. The summed E-state index contributed by atoms with van der Waals surface area (Å²) in [5.41, 5.74) is 2.05. The molecule has 2 amide bonds. The summed E-state index contributed by atoms with van der Waals surface area (Å²) < 4.78 is 0. The highest BCUT2D eigenvalue weighted by molar-refractivity contribution is 7.99. The van der Waals surface area contributed by atoms with E-state index < -0.39 is 0 Å². The van der Waals surface area contributed by atoms with Crippen LogP contribution in [0, 0.1) is 0 Å². The van der Waals surface area contributed by atoms with Crippen molar-refractivity contribution in [3.05, 3.63) is 54.4 Å². The molecule has 158 valence electrons. The van der Waals surface area contributed by atoms with Crippen LogP contribution in [0.3, 0.4) is 0 Å². The molecule has 0 saturated carbocycles. The normalized spacial score (nSPS) is 17.4. The van der Waals surface area contributed by atoms with Gasteiger partial charge in [-0.3, -0.25) is 19.5 Å². The van der Waals surface area contributed by atoms with Gasteiger partial charge >= 0.3 is 0 Å². The number of hydrogen-bond donors (Lipinski definition) is 1. The van der Waals surface area contributed by atoms with Crippen molar-refractivity contribution in [1.82, 2.24) is 15.2 Å². The van der Waals surface area contributed by atoms with Gasteiger partial charge in [0.15, 0.2) is 0 Å². The van der Waals surface area contributed by atoms with Crippen LogP contribution in [0.25, 0.3) is 0 Å². The maximum atomic E-state index is 12.7. The van der Waals surface area contributed by atoms with E-state index in [2.05, 4.69) is 15.2 Å². The highest BCUT2D eigenvalue weighted by Gasteiger charge is 2.24. The summed E-state index contributed by atoms with van der Waals surface area (Å²) in [5.74, 6) is 0.903. The molecule has 0 aliphatic carbocycles. The van der Waals surface area contributed by atoms with Gasteiger partial charge in [0.05, 0.1) is 11.4 Å². The minimum atomic E-state index is -0.0220. The number of carbonyl (C=O) groups is 2. The smallest absolute Gasteiger partial charge is 0.227 e. The fraction of sp³-hybridized carbons (Fsp3) is 0.435. The Kier molecular flexibility index (Phi) is 7.02. The first-order valence-corrected chi connectivity index (χ1v) is 11.6. The van der Waals surface area contributed by atoms with E-state index in [0.29, 0.717) is 6.54 Å². The zero-order valence-corrected chi connectivity index (χ0v) is 17.9. The highest BCUT2D eigenvalue weighted by Crippen LogP contribution is 2.34. The Morgan fingerprint density at radius 3 is 2.63 bits per heavy atom. The zero-order valence-electron chi connectivity index (χ0n) is 17.1. The number of piperidine rings is 1. The zero-order chi connectivity index (χ0) is 20.8. The molecule has 30 heavy (non-hydrogen) atoms. The molecule has 6 nitrogen and oxygen atoms in total. The third-order valence-corrected chi connectivity index (χ3v) is 6.70. The van der Waals surface area contributed by atoms with Crippen LogP contribution in [-0.4, -0.2) is 53.1 Å². The second-order valence-corrected chi connectivity index (χ2v) is 8.94. The lowest BCUT2D eigenvalue weighted by molar-refractivity contribution is -0.125. The van der Waals surface area contributed by atoms with E-state index in [4.69, 9.17) is 0 Å². The number of amides is 2. The summed E-state index contributed by atoms with van der Waals surface area (Å²) in [6.45, 7) is 3.45. The first-order chi connectivity index (χ1) is 14.7. The molecule has 4 rings (SSSR count). The van der Waals surface area contributed by atoms with Crippen LogP contribution in [0.5, 0.6) is 0 Å². The first kappa shape index (κ1) is 20.9. The number of pyridine rings is 1. The maximum absolute atomic E-state index is 12.7. The summed E-state index contributed by atoms with van der Waals surface area (Å²) in [4.78, 5) is 34.8. The number of aromatic nitrogens is 1. The molecule has 0 radical (unpaired) electrons. The number of fused-ring (bicyclic) bond motifs is 1. The van der Waals surface area contributed by atoms with E-state index in [-0.39, 0.29) is 30.7 Å². The van der Waals surface area contributed by atoms with Crippen molar-refractivity contribution in [2.45, 2.75) is 43.2 Å². The molecular formula is C23H28N4O2S. The summed E-state index contributed by atoms with van der Waals surface area (Å²) in [7, 11) is 0. The number of rotatable bonds is 6.